The molecule has 1 saturated heterocycles. The lowest BCUT2D eigenvalue weighted by atomic mass is 10.1. The van der Waals surface area contributed by atoms with Gasteiger partial charge in [-0.1, -0.05) is 15.9 Å². The van der Waals surface area contributed by atoms with Gasteiger partial charge in [-0.3, -0.25) is 0 Å². The molecule has 3 nitrogen and oxygen atoms in total. The lowest BCUT2D eigenvalue weighted by Crippen LogP contribution is -2.18. The van der Waals surface area contributed by atoms with Gasteiger partial charge in [0, 0.05) is 23.7 Å². The zero-order valence-electron chi connectivity index (χ0n) is 8.90. The Morgan fingerprint density at radius 2 is 2.12 bits per heavy atom. The van der Waals surface area contributed by atoms with Crippen molar-refractivity contribution in [1.82, 2.24) is 9.55 Å². The summed E-state index contributed by atoms with van der Waals surface area (Å²) in [4.78, 5) is 4.44. The maximum absolute atomic E-state index is 5.39. The zero-order chi connectivity index (χ0) is 11.0. The topological polar surface area (TPSA) is 27.1 Å². The van der Waals surface area contributed by atoms with Crippen LogP contribution in [0.4, 0.5) is 0 Å². The van der Waals surface area contributed by atoms with Gasteiger partial charge in [0.15, 0.2) is 0 Å². The molecular weight excluding hydrogens is 268 g/mol. The van der Waals surface area contributed by atoms with E-state index in [0.717, 1.165) is 36.0 Å². The molecule has 84 valence electrons. The van der Waals surface area contributed by atoms with E-state index in [1.54, 1.807) is 0 Å². The van der Waals surface area contributed by atoms with E-state index in [0.29, 0.717) is 6.04 Å². The van der Waals surface area contributed by atoms with Crippen LogP contribution in [0.15, 0.2) is 29.0 Å². The molecule has 4 heteroatoms. The van der Waals surface area contributed by atoms with Crippen molar-refractivity contribution in [3.63, 3.8) is 0 Å². The first-order chi connectivity index (χ1) is 7.84. The lowest BCUT2D eigenvalue weighted by molar-refractivity contribution is 0.0706. The molecule has 0 bridgehead atoms. The summed E-state index contributed by atoms with van der Waals surface area (Å²) in [6, 6.07) is 6.75. The minimum atomic E-state index is 0.535. The summed E-state index contributed by atoms with van der Waals surface area (Å²) in [5.41, 5.74) is 2.27. The van der Waals surface area contributed by atoms with E-state index in [2.05, 4.69) is 37.6 Å². The Hall–Kier alpha value is -0.870. The Bertz CT molecular complexity index is 503. The van der Waals surface area contributed by atoms with Gasteiger partial charge in [0.25, 0.3) is 0 Å². The van der Waals surface area contributed by atoms with Gasteiger partial charge in [-0.25, -0.2) is 4.98 Å². The van der Waals surface area contributed by atoms with Crippen LogP contribution in [0.1, 0.15) is 18.9 Å². The van der Waals surface area contributed by atoms with E-state index in [4.69, 9.17) is 4.74 Å². The summed E-state index contributed by atoms with van der Waals surface area (Å²) < 4.78 is 8.78. The molecule has 0 saturated carbocycles. The number of hydrogen-bond acceptors (Lipinski definition) is 2. The fourth-order valence-electron chi connectivity index (χ4n) is 2.25. The van der Waals surface area contributed by atoms with Crippen LogP contribution < -0.4 is 0 Å². The maximum Gasteiger partial charge on any atom is 0.0960 e. The van der Waals surface area contributed by atoms with Gasteiger partial charge >= 0.3 is 0 Å². The second-order valence-electron chi connectivity index (χ2n) is 4.13. The van der Waals surface area contributed by atoms with E-state index in [-0.39, 0.29) is 0 Å². The second kappa shape index (κ2) is 4.18. The van der Waals surface area contributed by atoms with Gasteiger partial charge in [0.1, 0.15) is 0 Å². The normalized spacial score (nSPS) is 18.1. The molecular formula is C12H13BrN2O. The molecule has 3 rings (SSSR count). The number of ether oxygens (including phenoxy) is 1. The Balaban J connectivity index is 2.05. The molecule has 1 fully saturated rings. The van der Waals surface area contributed by atoms with Crippen molar-refractivity contribution in [2.45, 2.75) is 18.9 Å². The smallest absolute Gasteiger partial charge is 0.0960 e. The van der Waals surface area contributed by atoms with Crippen LogP contribution in [0, 0.1) is 0 Å². The summed E-state index contributed by atoms with van der Waals surface area (Å²) in [7, 11) is 0. The van der Waals surface area contributed by atoms with Gasteiger partial charge in [-0.2, -0.15) is 0 Å². The molecule has 1 aromatic carbocycles. The molecule has 0 N–H and O–H groups in total. The van der Waals surface area contributed by atoms with Crippen LogP contribution in [0.2, 0.25) is 0 Å². The van der Waals surface area contributed by atoms with Crippen LogP contribution in [0.25, 0.3) is 11.0 Å². The summed E-state index contributed by atoms with van der Waals surface area (Å²) in [5, 5.41) is 0. The molecule has 2 aromatic rings. The molecule has 0 aliphatic carbocycles. The number of rotatable bonds is 1. The molecule has 1 aliphatic rings. The standard InChI is InChI=1S/C12H13BrN2O/c13-9-1-2-11-12(7-9)15(8-14-11)10-3-5-16-6-4-10/h1-2,7-8,10H,3-6H2. The number of nitrogens with zero attached hydrogens (tertiary/aromatic N) is 2. The third-order valence-corrected chi connectivity index (χ3v) is 3.61. The Labute approximate surface area is 103 Å². The zero-order valence-corrected chi connectivity index (χ0v) is 10.5. The number of aromatic nitrogens is 2. The highest BCUT2D eigenvalue weighted by Crippen LogP contribution is 2.27. The molecule has 1 aliphatic heterocycles. The van der Waals surface area contributed by atoms with E-state index in [1.807, 2.05) is 12.4 Å². The first-order valence-corrected chi connectivity index (χ1v) is 6.34. The number of imidazole rings is 1. The summed E-state index contributed by atoms with van der Waals surface area (Å²) in [5.74, 6) is 0. The van der Waals surface area contributed by atoms with Gasteiger partial charge in [0.05, 0.1) is 17.4 Å². The Kier molecular flexibility index (Phi) is 2.69. The molecule has 0 unspecified atom stereocenters. The van der Waals surface area contributed by atoms with Crippen LogP contribution in [0.3, 0.4) is 0 Å². The molecule has 0 atom stereocenters. The molecule has 2 heterocycles. The predicted octanol–water partition coefficient (Wildman–Crippen LogP) is 3.15. The number of halogens is 1. The van der Waals surface area contributed by atoms with Crippen molar-refractivity contribution in [1.29, 1.82) is 0 Å². The van der Waals surface area contributed by atoms with Crippen molar-refractivity contribution in [2.75, 3.05) is 13.2 Å². The Morgan fingerprint density at radius 1 is 1.31 bits per heavy atom. The summed E-state index contributed by atoms with van der Waals surface area (Å²) in [6.07, 6.45) is 4.11. The fraction of sp³-hybridized carbons (Fsp3) is 0.417. The van der Waals surface area contributed by atoms with E-state index < -0.39 is 0 Å². The largest absolute Gasteiger partial charge is 0.381 e. The van der Waals surface area contributed by atoms with Gasteiger partial charge in [-0.05, 0) is 31.0 Å². The monoisotopic (exact) mass is 280 g/mol. The number of fused-ring (bicyclic) bond motifs is 1. The van der Waals surface area contributed by atoms with Gasteiger partial charge < -0.3 is 9.30 Å². The quantitative estimate of drug-likeness (QED) is 0.803. The highest BCUT2D eigenvalue weighted by molar-refractivity contribution is 9.10. The van der Waals surface area contributed by atoms with E-state index in [9.17, 15) is 0 Å². The number of benzene rings is 1. The fourth-order valence-corrected chi connectivity index (χ4v) is 2.60. The van der Waals surface area contributed by atoms with Crippen molar-refractivity contribution in [3.8, 4) is 0 Å². The first kappa shape index (κ1) is 10.3. The van der Waals surface area contributed by atoms with Gasteiger partial charge in [0.2, 0.25) is 0 Å². The van der Waals surface area contributed by atoms with Crippen molar-refractivity contribution in [3.05, 3.63) is 29.0 Å². The average molecular weight is 281 g/mol. The summed E-state index contributed by atoms with van der Waals surface area (Å²) >= 11 is 3.51. The highest BCUT2D eigenvalue weighted by Gasteiger charge is 2.17. The first-order valence-electron chi connectivity index (χ1n) is 5.54. The predicted molar refractivity (Wildman–Crippen MR) is 66.5 cm³/mol. The van der Waals surface area contributed by atoms with Crippen LogP contribution in [-0.2, 0) is 4.74 Å². The van der Waals surface area contributed by atoms with E-state index >= 15 is 0 Å². The average Bonchev–Trinajstić information content (AvgIpc) is 2.73. The Morgan fingerprint density at radius 3 is 2.94 bits per heavy atom. The maximum atomic E-state index is 5.39. The van der Waals surface area contributed by atoms with Crippen molar-refractivity contribution < 1.29 is 4.74 Å². The third kappa shape index (κ3) is 1.76. The lowest BCUT2D eigenvalue weighted by Gasteiger charge is -2.23. The molecule has 1 aromatic heterocycles. The minimum Gasteiger partial charge on any atom is -0.381 e. The highest BCUT2D eigenvalue weighted by atomic mass is 79.9. The minimum absolute atomic E-state index is 0.535. The second-order valence-corrected chi connectivity index (χ2v) is 5.04. The summed E-state index contributed by atoms with van der Waals surface area (Å²) in [6.45, 7) is 1.72. The van der Waals surface area contributed by atoms with Crippen molar-refractivity contribution >= 4 is 27.0 Å². The third-order valence-electron chi connectivity index (χ3n) is 3.12. The number of hydrogen-bond donors (Lipinski definition) is 0. The molecule has 0 radical (unpaired) electrons. The SMILES string of the molecule is Brc1ccc2ncn(C3CCOCC3)c2c1. The molecule has 16 heavy (non-hydrogen) atoms. The van der Waals surface area contributed by atoms with Crippen molar-refractivity contribution in [2.24, 2.45) is 0 Å². The molecule has 0 amide bonds. The van der Waals surface area contributed by atoms with Crippen LogP contribution in [0.5, 0.6) is 0 Å². The van der Waals surface area contributed by atoms with Crippen LogP contribution >= 0.6 is 15.9 Å². The van der Waals surface area contributed by atoms with E-state index in [1.165, 1.54) is 5.52 Å². The van der Waals surface area contributed by atoms with Crippen LogP contribution in [-0.4, -0.2) is 22.8 Å². The molecule has 0 spiro atoms. The van der Waals surface area contributed by atoms with Gasteiger partial charge in [-0.15, -0.1) is 0 Å².